The van der Waals surface area contributed by atoms with Gasteiger partial charge in [0.2, 0.25) is 5.91 Å². The maximum Gasteiger partial charge on any atom is 0.407 e. The van der Waals surface area contributed by atoms with Gasteiger partial charge in [-0.3, -0.25) is 4.79 Å². The van der Waals surface area contributed by atoms with Crippen LogP contribution >= 0.6 is 0 Å². The number of carbonyl (C=O) groups excluding carboxylic acids is 2. The molecule has 0 aromatic carbocycles. The van der Waals surface area contributed by atoms with Crippen molar-refractivity contribution in [2.75, 3.05) is 32.9 Å². The summed E-state index contributed by atoms with van der Waals surface area (Å²) < 4.78 is 44.1. The van der Waals surface area contributed by atoms with E-state index in [9.17, 15) is 60.3 Å². The average Bonchev–Trinajstić information content (AvgIpc) is 3.45. The summed E-state index contributed by atoms with van der Waals surface area (Å²) in [5.41, 5.74) is 0.310. The van der Waals surface area contributed by atoms with Gasteiger partial charge in [-0.25, -0.2) is 9.59 Å². The summed E-state index contributed by atoms with van der Waals surface area (Å²) in [4.78, 5) is 35.8. The molecule has 4 saturated heterocycles. The molecular formula is C29H46N2O20. The van der Waals surface area contributed by atoms with Crippen molar-refractivity contribution in [1.29, 1.82) is 0 Å². The third-order valence-corrected chi connectivity index (χ3v) is 8.63. The number of alkyl carbamates (subject to hydrolysis) is 1. The predicted octanol–water partition coefficient (Wildman–Crippen LogP) is -5.89. The molecule has 0 saturated carbocycles. The zero-order valence-electron chi connectivity index (χ0n) is 27.6. The molecule has 0 aliphatic carbocycles. The number of nitrogens with one attached hydrogen (secondary N) is 2. The van der Waals surface area contributed by atoms with Crippen LogP contribution in [0.1, 0.15) is 20.3 Å². The quantitative estimate of drug-likeness (QED) is 0.0583. The second kappa shape index (κ2) is 17.5. The number of hydrogen-bond acceptors (Lipinski definition) is 19. The number of hydrogen-bond donors (Lipinski definition) is 11. The fraction of sp³-hybridized carbons (Fsp3) is 0.828. The van der Waals surface area contributed by atoms with Crippen molar-refractivity contribution >= 4 is 18.0 Å². The minimum Gasteiger partial charge on any atom is -0.477 e. The molecule has 0 spiro atoms. The lowest BCUT2D eigenvalue weighted by Gasteiger charge is -2.47. The Morgan fingerprint density at radius 2 is 1.31 bits per heavy atom. The van der Waals surface area contributed by atoms with Crippen LogP contribution in [-0.2, 0) is 47.5 Å². The van der Waals surface area contributed by atoms with Gasteiger partial charge in [0.15, 0.2) is 18.9 Å². The van der Waals surface area contributed by atoms with Gasteiger partial charge in [-0.05, 0) is 13.3 Å². The minimum atomic E-state index is -2.26. The molecule has 0 aromatic heterocycles. The highest BCUT2D eigenvalue weighted by molar-refractivity contribution is 5.92. The summed E-state index contributed by atoms with van der Waals surface area (Å²) in [6, 6.07) is 0. The van der Waals surface area contributed by atoms with Crippen molar-refractivity contribution in [3.8, 4) is 0 Å². The van der Waals surface area contributed by atoms with Crippen LogP contribution in [0.5, 0.6) is 0 Å². The number of carboxylic acid groups (broad SMARTS) is 1. The summed E-state index contributed by atoms with van der Waals surface area (Å²) >= 11 is 0. The van der Waals surface area contributed by atoms with E-state index in [-0.39, 0.29) is 19.0 Å². The Labute approximate surface area is 290 Å². The minimum absolute atomic E-state index is 0.0803. The zero-order valence-corrected chi connectivity index (χ0v) is 27.6. The van der Waals surface area contributed by atoms with Crippen LogP contribution in [-0.4, -0.2) is 195 Å². The molecule has 0 bridgehead atoms. The van der Waals surface area contributed by atoms with Gasteiger partial charge in [0, 0.05) is 25.6 Å². The predicted molar refractivity (Wildman–Crippen MR) is 160 cm³/mol. The first-order valence-corrected chi connectivity index (χ1v) is 16.0. The molecule has 2 amide bonds. The molecule has 22 heteroatoms. The fourth-order valence-corrected chi connectivity index (χ4v) is 5.69. The van der Waals surface area contributed by atoms with Crippen LogP contribution in [0, 0.1) is 0 Å². The first-order chi connectivity index (χ1) is 24.0. The fourth-order valence-electron chi connectivity index (χ4n) is 5.69. The number of aliphatic hydroxyl groups is 8. The normalized spacial score (nSPS) is 42.4. The first-order valence-electron chi connectivity index (χ1n) is 16.0. The molecule has 16 atom stereocenters. The molecule has 0 aromatic rings. The van der Waals surface area contributed by atoms with E-state index in [0.29, 0.717) is 12.0 Å². The number of fused-ring (bicyclic) bond motifs is 1. The molecule has 11 N–H and O–H groups in total. The summed E-state index contributed by atoms with van der Waals surface area (Å²) in [5, 5.41) is 97.9. The van der Waals surface area contributed by atoms with E-state index in [2.05, 4.69) is 17.2 Å². The Kier molecular flexibility index (Phi) is 14.1. The number of ether oxygens (including phenoxy) is 8. The summed E-state index contributed by atoms with van der Waals surface area (Å²) in [5.74, 6) is -4.17. The molecule has 4 fully saturated rings. The van der Waals surface area contributed by atoms with Gasteiger partial charge in [0.05, 0.1) is 13.2 Å². The molecular weight excluding hydrogens is 696 g/mol. The zero-order chi connectivity index (χ0) is 37.8. The van der Waals surface area contributed by atoms with E-state index in [1.165, 1.54) is 6.92 Å². The van der Waals surface area contributed by atoms with Crippen LogP contribution in [0.3, 0.4) is 0 Å². The lowest BCUT2D eigenvalue weighted by molar-refractivity contribution is -0.374. The Balaban J connectivity index is 1.44. The smallest absolute Gasteiger partial charge is 0.407 e. The third kappa shape index (κ3) is 9.30. The van der Waals surface area contributed by atoms with E-state index in [1.807, 2.05) is 0 Å². The van der Waals surface area contributed by atoms with Crippen LogP contribution < -0.4 is 10.6 Å². The van der Waals surface area contributed by atoms with Crippen LogP contribution in [0.15, 0.2) is 12.2 Å². The summed E-state index contributed by atoms with van der Waals surface area (Å²) in [6.07, 6.45) is -26.1. The highest BCUT2D eigenvalue weighted by Gasteiger charge is 2.60. The summed E-state index contributed by atoms with van der Waals surface area (Å²) in [7, 11) is 0. The average molecular weight is 743 g/mol. The highest BCUT2D eigenvalue weighted by Crippen LogP contribution is 2.39. The van der Waals surface area contributed by atoms with E-state index in [4.69, 9.17) is 37.9 Å². The molecule has 0 radical (unpaired) electrons. The number of aliphatic hydroxyl groups excluding tert-OH is 8. The Bertz CT molecular complexity index is 1220. The van der Waals surface area contributed by atoms with Crippen molar-refractivity contribution < 1.29 is 98.2 Å². The topological polar surface area (TPSA) is 331 Å². The molecule has 22 nitrogen and oxygen atoms in total. The maximum absolute atomic E-state index is 12.4. The standard InChI is InChI=1S/C29H46N2O20/c1-10(2)23(40)30-5-4-6-31-28(43)44-9-13-21(19(39)22-26(47-13)51-29(3,50-22)27(41)42)49-25-18(38)16(36)20(12(8-33)46-25)48-24-17(37)15(35)14(34)11(7-32)45-24/h11-22,24-26,32-39H,1,4-9H2,2-3H3,(H,30,40)(H,31,43)(H,41,42)/t11?,12?,13?,14-,15?,16?,17?,18?,19?,20-,21+,22?,24+,25-,26+,29-/m0/s1. The van der Waals surface area contributed by atoms with Gasteiger partial charge < -0.3 is 94.5 Å². The number of amides is 2. The van der Waals surface area contributed by atoms with Gasteiger partial charge in [0.25, 0.3) is 5.79 Å². The van der Waals surface area contributed by atoms with Crippen LogP contribution in [0.2, 0.25) is 0 Å². The van der Waals surface area contributed by atoms with E-state index in [1.54, 1.807) is 0 Å². The number of rotatable bonds is 14. The Morgan fingerprint density at radius 3 is 1.90 bits per heavy atom. The lowest BCUT2D eigenvalue weighted by atomic mass is 9.96. The highest BCUT2D eigenvalue weighted by atomic mass is 16.8. The van der Waals surface area contributed by atoms with E-state index in [0.717, 1.165) is 6.92 Å². The molecule has 4 heterocycles. The van der Waals surface area contributed by atoms with Gasteiger partial charge in [-0.1, -0.05) is 6.58 Å². The number of carboxylic acids is 1. The molecule has 9 unspecified atom stereocenters. The second-order valence-electron chi connectivity index (χ2n) is 12.5. The number of aliphatic carboxylic acids is 1. The number of carbonyl (C=O) groups is 3. The molecule has 4 rings (SSSR count). The largest absolute Gasteiger partial charge is 0.477 e. The van der Waals surface area contributed by atoms with Crippen LogP contribution in [0.4, 0.5) is 4.79 Å². The molecule has 51 heavy (non-hydrogen) atoms. The van der Waals surface area contributed by atoms with Crippen molar-refractivity contribution in [3.63, 3.8) is 0 Å². The van der Waals surface area contributed by atoms with Gasteiger partial charge in [-0.2, -0.15) is 0 Å². The first kappa shape index (κ1) is 41.1. The van der Waals surface area contributed by atoms with Crippen molar-refractivity contribution in [3.05, 3.63) is 12.2 Å². The van der Waals surface area contributed by atoms with Gasteiger partial charge >= 0.3 is 12.1 Å². The SMILES string of the molecule is C=C(C)C(=O)NCCCNC(=O)OCC1O[C@@H]2O[C@@](C)(C(=O)O)OC2C(O)[C@@H]1O[C@@H]1OC(CO)[C@H](O[C@H]2OC(CO)[C@H](O)C(O)C2O)C(O)C1O. The van der Waals surface area contributed by atoms with Crippen molar-refractivity contribution in [2.24, 2.45) is 0 Å². The molecule has 4 aliphatic heterocycles. The maximum atomic E-state index is 12.4. The second-order valence-corrected chi connectivity index (χ2v) is 12.5. The third-order valence-electron chi connectivity index (χ3n) is 8.63. The van der Waals surface area contributed by atoms with Crippen molar-refractivity contribution in [1.82, 2.24) is 10.6 Å². The molecule has 4 aliphatic rings. The van der Waals surface area contributed by atoms with Gasteiger partial charge in [0.1, 0.15) is 79.9 Å². The van der Waals surface area contributed by atoms with Crippen LogP contribution in [0.25, 0.3) is 0 Å². The van der Waals surface area contributed by atoms with Crippen molar-refractivity contribution in [2.45, 2.75) is 118 Å². The monoisotopic (exact) mass is 742 g/mol. The van der Waals surface area contributed by atoms with E-state index >= 15 is 0 Å². The van der Waals surface area contributed by atoms with Gasteiger partial charge in [-0.15, -0.1) is 0 Å². The Morgan fingerprint density at radius 1 is 0.745 bits per heavy atom. The Hall–Kier alpha value is -2.65. The molecule has 292 valence electrons. The summed E-state index contributed by atoms with van der Waals surface area (Å²) in [6.45, 7) is 4.09. The van der Waals surface area contributed by atoms with E-state index < -0.39 is 130 Å². The lowest BCUT2D eigenvalue weighted by Crippen LogP contribution is -2.66.